The van der Waals surface area contributed by atoms with E-state index in [0.29, 0.717) is 13.0 Å². The van der Waals surface area contributed by atoms with Crippen LogP contribution in [0.15, 0.2) is 54.6 Å². The van der Waals surface area contributed by atoms with Gasteiger partial charge >= 0.3 is 0 Å². The van der Waals surface area contributed by atoms with Gasteiger partial charge in [-0.15, -0.1) is 0 Å². The van der Waals surface area contributed by atoms with E-state index in [4.69, 9.17) is 4.74 Å². The van der Waals surface area contributed by atoms with Crippen LogP contribution in [0.4, 0.5) is 5.69 Å². The average Bonchev–Trinajstić information content (AvgIpc) is 2.58. The lowest BCUT2D eigenvalue weighted by atomic mass is 10.1. The van der Waals surface area contributed by atoms with Gasteiger partial charge in [-0.05, 0) is 49.6 Å². The molecule has 1 atom stereocenters. The first-order valence-corrected chi connectivity index (χ1v) is 8.25. The fraction of sp³-hybridized carbons (Fsp3) is 0.350. The summed E-state index contributed by atoms with van der Waals surface area (Å²) in [5.74, 6) is 0.747. The van der Waals surface area contributed by atoms with Gasteiger partial charge in [0.2, 0.25) is 0 Å². The molecular weight excluding hydrogens is 286 g/mol. The molecule has 0 saturated heterocycles. The molecule has 2 aromatic carbocycles. The second-order valence-corrected chi connectivity index (χ2v) is 5.66. The molecule has 2 aromatic rings. The minimum absolute atomic E-state index is 0.0174. The third-order valence-corrected chi connectivity index (χ3v) is 3.69. The van der Waals surface area contributed by atoms with Crippen molar-refractivity contribution in [1.29, 1.82) is 0 Å². The number of hydrogen-bond donors (Lipinski definition) is 0. The van der Waals surface area contributed by atoms with E-state index >= 15 is 0 Å². The van der Waals surface area contributed by atoms with Crippen LogP contribution in [0.5, 0.6) is 5.75 Å². The summed E-state index contributed by atoms with van der Waals surface area (Å²) in [7, 11) is 0. The van der Waals surface area contributed by atoms with Crippen molar-refractivity contribution in [3.05, 3.63) is 60.2 Å². The summed E-state index contributed by atoms with van der Waals surface area (Å²) in [5, 5.41) is 0. The maximum Gasteiger partial charge on any atom is 0.268 e. The molecule has 0 aliphatic carbocycles. The Bertz CT molecular complexity index is 625. The molecule has 0 aliphatic heterocycles. The van der Waals surface area contributed by atoms with Crippen LogP contribution in [0.1, 0.15) is 32.3 Å². The van der Waals surface area contributed by atoms with Crippen molar-refractivity contribution < 1.29 is 9.53 Å². The Labute approximate surface area is 138 Å². The molecular formula is C20H25NO2. The molecule has 0 radical (unpaired) electrons. The van der Waals surface area contributed by atoms with E-state index in [-0.39, 0.29) is 5.91 Å². The highest BCUT2D eigenvalue weighted by Gasteiger charge is 2.25. The lowest BCUT2D eigenvalue weighted by Gasteiger charge is -2.27. The second kappa shape index (κ2) is 8.37. The molecule has 1 unspecified atom stereocenters. The van der Waals surface area contributed by atoms with E-state index in [1.165, 1.54) is 0 Å². The van der Waals surface area contributed by atoms with Crippen LogP contribution in [0.3, 0.4) is 0 Å². The molecule has 1 amide bonds. The maximum absolute atomic E-state index is 13.0. The number of carbonyl (C=O) groups excluding carboxylic acids is 1. The summed E-state index contributed by atoms with van der Waals surface area (Å²) in [6, 6.07) is 17.6. The van der Waals surface area contributed by atoms with E-state index in [0.717, 1.165) is 23.4 Å². The van der Waals surface area contributed by atoms with Crippen molar-refractivity contribution in [1.82, 2.24) is 0 Å². The Hall–Kier alpha value is -2.29. The maximum atomic E-state index is 13.0. The molecule has 23 heavy (non-hydrogen) atoms. The van der Waals surface area contributed by atoms with Crippen molar-refractivity contribution in [2.24, 2.45) is 0 Å². The van der Waals surface area contributed by atoms with Crippen molar-refractivity contribution in [3.8, 4) is 5.75 Å². The van der Waals surface area contributed by atoms with Crippen LogP contribution in [-0.2, 0) is 4.79 Å². The number of amides is 1. The summed E-state index contributed by atoms with van der Waals surface area (Å²) in [5.41, 5.74) is 2.08. The lowest BCUT2D eigenvalue weighted by Crippen LogP contribution is -2.42. The number of hydrogen-bond acceptors (Lipinski definition) is 2. The second-order valence-electron chi connectivity index (χ2n) is 5.66. The van der Waals surface area contributed by atoms with Crippen LogP contribution < -0.4 is 9.64 Å². The summed E-state index contributed by atoms with van der Waals surface area (Å²) >= 11 is 0. The topological polar surface area (TPSA) is 29.5 Å². The summed E-state index contributed by atoms with van der Waals surface area (Å²) in [6.07, 6.45) is 1.07. The predicted octanol–water partition coefficient (Wildman–Crippen LogP) is 4.60. The number of benzene rings is 2. The first-order valence-electron chi connectivity index (χ1n) is 8.25. The fourth-order valence-corrected chi connectivity index (χ4v) is 2.53. The quantitative estimate of drug-likeness (QED) is 0.748. The zero-order chi connectivity index (χ0) is 16.7. The Kier molecular flexibility index (Phi) is 6.21. The highest BCUT2D eigenvalue weighted by atomic mass is 16.5. The standard InChI is InChI=1S/C20H25NO2/c1-4-14-21(17-11-9-10-16(3)15-17)20(22)19(5-2)23-18-12-7-6-8-13-18/h6-13,15,19H,4-5,14H2,1-3H3. The van der Waals surface area contributed by atoms with E-state index in [1.54, 1.807) is 0 Å². The molecule has 122 valence electrons. The van der Waals surface area contributed by atoms with Gasteiger partial charge in [0.25, 0.3) is 5.91 Å². The molecule has 2 rings (SSSR count). The number of para-hydroxylation sites is 1. The Morgan fingerprint density at radius 1 is 1.09 bits per heavy atom. The van der Waals surface area contributed by atoms with Gasteiger partial charge in [-0.1, -0.05) is 44.2 Å². The molecule has 0 heterocycles. The van der Waals surface area contributed by atoms with E-state index in [1.807, 2.05) is 73.3 Å². The number of aryl methyl sites for hydroxylation is 1. The summed E-state index contributed by atoms with van der Waals surface area (Å²) in [6.45, 7) is 6.79. The highest BCUT2D eigenvalue weighted by molar-refractivity contribution is 5.96. The van der Waals surface area contributed by atoms with Crippen LogP contribution in [0, 0.1) is 6.92 Å². The highest BCUT2D eigenvalue weighted by Crippen LogP contribution is 2.20. The largest absolute Gasteiger partial charge is 0.481 e. The SMILES string of the molecule is CCCN(C(=O)C(CC)Oc1ccccc1)c1cccc(C)c1. The molecule has 0 aromatic heterocycles. The van der Waals surface area contributed by atoms with Crippen molar-refractivity contribution in [3.63, 3.8) is 0 Å². The van der Waals surface area contributed by atoms with Crippen LogP contribution in [0.25, 0.3) is 0 Å². The van der Waals surface area contributed by atoms with Gasteiger partial charge in [-0.2, -0.15) is 0 Å². The van der Waals surface area contributed by atoms with E-state index in [9.17, 15) is 4.79 Å². The Morgan fingerprint density at radius 3 is 2.43 bits per heavy atom. The first-order chi connectivity index (χ1) is 11.2. The predicted molar refractivity (Wildman–Crippen MR) is 95.0 cm³/mol. The Morgan fingerprint density at radius 2 is 1.83 bits per heavy atom. The summed E-state index contributed by atoms with van der Waals surface area (Å²) < 4.78 is 5.91. The molecule has 0 aliphatic rings. The third kappa shape index (κ3) is 4.59. The van der Waals surface area contributed by atoms with Gasteiger partial charge in [0, 0.05) is 12.2 Å². The van der Waals surface area contributed by atoms with Crippen LogP contribution in [-0.4, -0.2) is 18.6 Å². The van der Waals surface area contributed by atoms with Crippen molar-refractivity contribution >= 4 is 11.6 Å². The van der Waals surface area contributed by atoms with Gasteiger partial charge in [-0.25, -0.2) is 0 Å². The molecule has 3 heteroatoms. The third-order valence-electron chi connectivity index (χ3n) is 3.69. The molecule has 0 saturated carbocycles. The zero-order valence-electron chi connectivity index (χ0n) is 14.2. The molecule has 0 N–H and O–H groups in total. The van der Waals surface area contributed by atoms with Gasteiger partial charge in [0.15, 0.2) is 6.10 Å². The smallest absolute Gasteiger partial charge is 0.268 e. The van der Waals surface area contributed by atoms with Crippen molar-refractivity contribution in [2.45, 2.75) is 39.7 Å². The number of nitrogens with zero attached hydrogens (tertiary/aromatic N) is 1. The zero-order valence-corrected chi connectivity index (χ0v) is 14.2. The van der Waals surface area contributed by atoms with E-state index in [2.05, 4.69) is 6.92 Å². The number of ether oxygens (including phenoxy) is 1. The van der Waals surface area contributed by atoms with Gasteiger partial charge in [0.05, 0.1) is 0 Å². The molecule has 0 spiro atoms. The summed E-state index contributed by atoms with van der Waals surface area (Å²) in [4.78, 5) is 14.8. The normalized spacial score (nSPS) is 11.8. The van der Waals surface area contributed by atoms with Crippen molar-refractivity contribution in [2.75, 3.05) is 11.4 Å². The molecule has 0 bridgehead atoms. The fourth-order valence-electron chi connectivity index (χ4n) is 2.53. The minimum Gasteiger partial charge on any atom is -0.481 e. The molecule has 0 fully saturated rings. The number of anilines is 1. The lowest BCUT2D eigenvalue weighted by molar-refractivity contribution is -0.125. The van der Waals surface area contributed by atoms with Crippen LogP contribution in [0.2, 0.25) is 0 Å². The van der Waals surface area contributed by atoms with Gasteiger partial charge in [-0.3, -0.25) is 4.79 Å². The molecule has 3 nitrogen and oxygen atoms in total. The minimum atomic E-state index is -0.468. The average molecular weight is 311 g/mol. The number of carbonyl (C=O) groups is 1. The first kappa shape index (κ1) is 17.1. The van der Waals surface area contributed by atoms with Gasteiger partial charge < -0.3 is 9.64 Å². The Balaban J connectivity index is 2.21. The van der Waals surface area contributed by atoms with Crippen LogP contribution >= 0.6 is 0 Å². The number of rotatable bonds is 7. The van der Waals surface area contributed by atoms with Gasteiger partial charge in [0.1, 0.15) is 5.75 Å². The van der Waals surface area contributed by atoms with E-state index < -0.39 is 6.10 Å². The monoisotopic (exact) mass is 311 g/mol.